The molecule has 0 aliphatic carbocycles. The Balaban J connectivity index is 1.71. The molecule has 2 fully saturated rings. The summed E-state index contributed by atoms with van der Waals surface area (Å²) in [5.41, 5.74) is -0.00893. The number of carbonyl (C=O) groups is 3. The smallest absolute Gasteiger partial charge is 0.321 e. The number of anilines is 1. The van der Waals surface area contributed by atoms with Crippen LogP contribution in [-0.4, -0.2) is 58.9 Å². The topological polar surface area (TPSA) is 81.8 Å². The average Bonchev–Trinajstić information content (AvgIpc) is 3.08. The number of hydrogen-bond acceptors (Lipinski definition) is 4. The van der Waals surface area contributed by atoms with Crippen molar-refractivity contribution in [2.45, 2.75) is 65.0 Å². The van der Waals surface area contributed by atoms with E-state index in [-0.39, 0.29) is 17.8 Å². The van der Waals surface area contributed by atoms with Gasteiger partial charge in [-0.05, 0) is 50.0 Å². The maximum atomic E-state index is 13.2. The van der Waals surface area contributed by atoms with Gasteiger partial charge in [-0.3, -0.25) is 9.59 Å². The number of piperazine rings is 1. The van der Waals surface area contributed by atoms with Gasteiger partial charge in [-0.2, -0.15) is 0 Å². The maximum Gasteiger partial charge on any atom is 0.321 e. The molecule has 1 aromatic heterocycles. The van der Waals surface area contributed by atoms with Gasteiger partial charge in [0.1, 0.15) is 11.6 Å². The molecule has 0 radical (unpaired) electrons. The van der Waals surface area contributed by atoms with Gasteiger partial charge in [0.2, 0.25) is 11.8 Å². The molecule has 0 saturated carbocycles. The van der Waals surface area contributed by atoms with Crippen LogP contribution in [0.15, 0.2) is 11.4 Å². The van der Waals surface area contributed by atoms with Gasteiger partial charge < -0.3 is 20.4 Å². The molecule has 3 heterocycles. The second kappa shape index (κ2) is 8.73. The van der Waals surface area contributed by atoms with Gasteiger partial charge >= 0.3 is 6.03 Å². The predicted octanol–water partition coefficient (Wildman–Crippen LogP) is 3.21. The van der Waals surface area contributed by atoms with Gasteiger partial charge in [-0.25, -0.2) is 4.79 Å². The molecule has 160 valence electrons. The van der Waals surface area contributed by atoms with Crippen molar-refractivity contribution in [3.05, 3.63) is 16.3 Å². The fourth-order valence-corrected chi connectivity index (χ4v) is 4.99. The Bertz CT molecular complexity index is 768. The van der Waals surface area contributed by atoms with Crippen LogP contribution in [0.25, 0.3) is 0 Å². The Morgan fingerprint density at radius 2 is 2.03 bits per heavy atom. The molecule has 1 unspecified atom stereocenters. The van der Waals surface area contributed by atoms with E-state index in [0.717, 1.165) is 17.0 Å². The lowest BCUT2D eigenvalue weighted by Gasteiger charge is -2.51. The highest BCUT2D eigenvalue weighted by Gasteiger charge is 2.53. The number of piperidine rings is 1. The van der Waals surface area contributed by atoms with Crippen molar-refractivity contribution < 1.29 is 14.4 Å². The number of rotatable bonds is 5. The summed E-state index contributed by atoms with van der Waals surface area (Å²) < 4.78 is 0. The minimum absolute atomic E-state index is 0.0203. The minimum Gasteiger partial charge on any atom is -0.342 e. The fraction of sp³-hybridized carbons (Fsp3) is 0.667. The Labute approximate surface area is 176 Å². The Hall–Kier alpha value is -2.09. The van der Waals surface area contributed by atoms with Crippen molar-refractivity contribution in [1.29, 1.82) is 0 Å². The molecule has 29 heavy (non-hydrogen) atoms. The molecule has 0 bridgehead atoms. The molecule has 1 atom stereocenters. The number of likely N-dealkylation sites (tertiary alicyclic amines) is 1. The zero-order valence-electron chi connectivity index (χ0n) is 17.8. The average molecular weight is 421 g/mol. The van der Waals surface area contributed by atoms with Crippen molar-refractivity contribution in [2.75, 3.05) is 25.0 Å². The van der Waals surface area contributed by atoms with Crippen LogP contribution in [0, 0.1) is 12.8 Å². The molecule has 3 rings (SSSR count). The first-order valence-corrected chi connectivity index (χ1v) is 11.4. The molecule has 2 saturated heterocycles. The minimum atomic E-state index is -0.838. The molecular weight excluding hydrogens is 388 g/mol. The van der Waals surface area contributed by atoms with E-state index in [4.69, 9.17) is 0 Å². The highest BCUT2D eigenvalue weighted by molar-refractivity contribution is 7.10. The Kier molecular flexibility index (Phi) is 6.51. The third-order valence-corrected chi connectivity index (χ3v) is 6.79. The lowest BCUT2D eigenvalue weighted by Crippen LogP contribution is -2.73. The summed E-state index contributed by atoms with van der Waals surface area (Å²) >= 11 is 1.59. The van der Waals surface area contributed by atoms with Crippen molar-refractivity contribution in [3.8, 4) is 0 Å². The summed E-state index contributed by atoms with van der Waals surface area (Å²) in [4.78, 5) is 43.6. The molecule has 4 amide bonds. The van der Waals surface area contributed by atoms with E-state index >= 15 is 0 Å². The zero-order chi connectivity index (χ0) is 21.2. The predicted molar refractivity (Wildman–Crippen MR) is 115 cm³/mol. The number of nitrogens with zero attached hydrogens (tertiary/aromatic N) is 2. The first-order chi connectivity index (χ1) is 13.8. The Morgan fingerprint density at radius 1 is 1.34 bits per heavy atom. The first kappa shape index (κ1) is 21.6. The second-order valence-corrected chi connectivity index (χ2v) is 9.60. The number of aryl methyl sites for hydroxylation is 1. The van der Waals surface area contributed by atoms with E-state index in [1.165, 1.54) is 0 Å². The molecule has 8 heteroatoms. The van der Waals surface area contributed by atoms with Crippen LogP contribution >= 0.6 is 11.3 Å². The zero-order valence-corrected chi connectivity index (χ0v) is 18.6. The number of urea groups is 1. The van der Waals surface area contributed by atoms with Crippen molar-refractivity contribution in [3.63, 3.8) is 0 Å². The lowest BCUT2D eigenvalue weighted by atomic mass is 9.81. The van der Waals surface area contributed by atoms with Gasteiger partial charge in [0, 0.05) is 24.5 Å². The summed E-state index contributed by atoms with van der Waals surface area (Å²) in [5, 5.41) is 7.89. The maximum absolute atomic E-state index is 13.2. The highest BCUT2D eigenvalue weighted by Crippen LogP contribution is 2.34. The molecule has 2 N–H and O–H groups in total. The number of thiophene rings is 1. The second-order valence-electron chi connectivity index (χ2n) is 8.48. The standard InChI is InChI=1S/C21H32N4O3S/c1-5-9-25-18(26)17(13-14(2)3)22-19(27)21(25)7-10-24(11-8-21)20(28)23-16-6-12-29-15(16)4/h6,12,14,17H,5,7-11,13H2,1-4H3,(H,22,27)(H,23,28). The van der Waals surface area contributed by atoms with Crippen LogP contribution in [0.3, 0.4) is 0 Å². The molecular formula is C21H32N4O3S. The van der Waals surface area contributed by atoms with Crippen LogP contribution in [0.1, 0.15) is 51.3 Å². The molecule has 0 aromatic carbocycles. The van der Waals surface area contributed by atoms with E-state index in [2.05, 4.69) is 24.5 Å². The van der Waals surface area contributed by atoms with Crippen LogP contribution in [0.2, 0.25) is 0 Å². The van der Waals surface area contributed by atoms with E-state index in [1.54, 1.807) is 21.1 Å². The van der Waals surface area contributed by atoms with Crippen LogP contribution < -0.4 is 10.6 Å². The van der Waals surface area contributed by atoms with E-state index in [9.17, 15) is 14.4 Å². The van der Waals surface area contributed by atoms with Crippen molar-refractivity contribution >= 4 is 34.9 Å². The summed E-state index contributed by atoms with van der Waals surface area (Å²) in [5.74, 6) is 0.282. The van der Waals surface area contributed by atoms with Gasteiger partial charge in [-0.15, -0.1) is 11.3 Å². The summed E-state index contributed by atoms with van der Waals surface area (Å²) in [6.07, 6.45) is 2.39. The molecule has 1 spiro atoms. The number of hydrogen-bond donors (Lipinski definition) is 2. The van der Waals surface area contributed by atoms with Gasteiger partial charge in [0.15, 0.2) is 0 Å². The Morgan fingerprint density at radius 3 is 2.59 bits per heavy atom. The van der Waals surface area contributed by atoms with Crippen molar-refractivity contribution in [1.82, 2.24) is 15.1 Å². The van der Waals surface area contributed by atoms with Crippen LogP contribution in [-0.2, 0) is 9.59 Å². The molecule has 2 aliphatic heterocycles. The molecule has 7 nitrogen and oxygen atoms in total. The number of carbonyl (C=O) groups excluding carboxylic acids is 3. The fourth-order valence-electron chi connectivity index (χ4n) is 4.34. The van der Waals surface area contributed by atoms with Gasteiger partial charge in [-0.1, -0.05) is 20.8 Å². The van der Waals surface area contributed by atoms with Crippen molar-refractivity contribution in [2.24, 2.45) is 5.92 Å². The quantitative estimate of drug-likeness (QED) is 0.767. The largest absolute Gasteiger partial charge is 0.342 e. The van der Waals surface area contributed by atoms with Crippen LogP contribution in [0.5, 0.6) is 0 Å². The van der Waals surface area contributed by atoms with Gasteiger partial charge in [0.25, 0.3) is 0 Å². The lowest BCUT2D eigenvalue weighted by molar-refractivity contribution is -0.161. The molecule has 1 aromatic rings. The third-order valence-electron chi connectivity index (χ3n) is 5.94. The summed E-state index contributed by atoms with van der Waals surface area (Å²) in [6, 6.07) is 1.31. The third kappa shape index (κ3) is 4.27. The molecule has 2 aliphatic rings. The SMILES string of the molecule is CCCN1C(=O)C(CC(C)C)NC(=O)C12CCN(C(=O)Nc1ccsc1C)CC2. The normalized spacial score (nSPS) is 21.6. The van der Waals surface area contributed by atoms with Gasteiger partial charge in [0.05, 0.1) is 5.69 Å². The van der Waals surface area contributed by atoms with E-state index < -0.39 is 11.6 Å². The number of nitrogens with one attached hydrogen (secondary N) is 2. The van der Waals surface area contributed by atoms with E-state index in [0.29, 0.717) is 44.8 Å². The highest BCUT2D eigenvalue weighted by atomic mass is 32.1. The number of amides is 4. The van der Waals surface area contributed by atoms with Crippen LogP contribution in [0.4, 0.5) is 10.5 Å². The summed E-state index contributed by atoms with van der Waals surface area (Å²) in [7, 11) is 0. The van der Waals surface area contributed by atoms with E-state index in [1.807, 2.05) is 25.3 Å². The first-order valence-electron chi connectivity index (χ1n) is 10.5. The summed E-state index contributed by atoms with van der Waals surface area (Å²) in [6.45, 7) is 9.58. The monoisotopic (exact) mass is 420 g/mol.